The first-order valence-electron chi connectivity index (χ1n) is 6.10. The van der Waals surface area contributed by atoms with Gasteiger partial charge < -0.3 is 11.1 Å². The highest BCUT2D eigenvalue weighted by Gasteiger charge is 1.99. The second-order valence-electron chi connectivity index (χ2n) is 4.17. The van der Waals surface area contributed by atoms with Crippen LogP contribution < -0.4 is 11.1 Å². The van der Waals surface area contributed by atoms with Gasteiger partial charge in [0, 0.05) is 12.7 Å². The van der Waals surface area contributed by atoms with Crippen LogP contribution in [0.1, 0.15) is 17.0 Å². The summed E-state index contributed by atoms with van der Waals surface area (Å²) in [5.41, 5.74) is 8.19. The van der Waals surface area contributed by atoms with E-state index in [0.717, 1.165) is 18.8 Å². The average molecular weight is 242 g/mol. The van der Waals surface area contributed by atoms with Crippen LogP contribution in [0, 0.1) is 6.92 Å². The van der Waals surface area contributed by atoms with E-state index in [1.807, 2.05) is 6.07 Å². The molecular formula is C14H18N4. The van der Waals surface area contributed by atoms with Crippen molar-refractivity contribution in [1.82, 2.24) is 9.97 Å². The summed E-state index contributed by atoms with van der Waals surface area (Å²) in [6.07, 6.45) is 2.71. The van der Waals surface area contributed by atoms with Crippen molar-refractivity contribution >= 4 is 5.82 Å². The highest BCUT2D eigenvalue weighted by Crippen LogP contribution is 2.08. The van der Waals surface area contributed by atoms with E-state index in [1.165, 1.54) is 11.1 Å². The van der Waals surface area contributed by atoms with Crippen molar-refractivity contribution in [2.24, 2.45) is 5.73 Å². The lowest BCUT2D eigenvalue weighted by Crippen LogP contribution is -2.10. The molecule has 4 nitrogen and oxygen atoms in total. The Hall–Kier alpha value is -1.94. The number of nitrogens with one attached hydrogen (secondary N) is 1. The molecule has 2 rings (SSSR count). The summed E-state index contributed by atoms with van der Waals surface area (Å²) in [5.74, 6) is 1.50. The van der Waals surface area contributed by atoms with Gasteiger partial charge in [-0.2, -0.15) is 0 Å². The van der Waals surface area contributed by atoms with Crippen LogP contribution in [-0.4, -0.2) is 16.5 Å². The van der Waals surface area contributed by atoms with Crippen molar-refractivity contribution in [3.63, 3.8) is 0 Å². The number of aromatic nitrogens is 2. The Morgan fingerprint density at radius 2 is 2.06 bits per heavy atom. The molecule has 1 aromatic carbocycles. The molecule has 0 aliphatic heterocycles. The predicted molar refractivity (Wildman–Crippen MR) is 73.3 cm³/mol. The Morgan fingerprint density at radius 1 is 1.22 bits per heavy atom. The Labute approximate surface area is 107 Å². The minimum absolute atomic E-state index is 0.368. The van der Waals surface area contributed by atoms with E-state index in [1.54, 1.807) is 6.20 Å². The van der Waals surface area contributed by atoms with E-state index in [2.05, 4.69) is 46.5 Å². The molecule has 94 valence electrons. The molecule has 0 aliphatic rings. The van der Waals surface area contributed by atoms with Gasteiger partial charge in [-0.15, -0.1) is 0 Å². The van der Waals surface area contributed by atoms with Crippen LogP contribution in [0.25, 0.3) is 0 Å². The van der Waals surface area contributed by atoms with Gasteiger partial charge in [-0.3, -0.25) is 0 Å². The average Bonchev–Trinajstić information content (AvgIpc) is 2.41. The SMILES string of the molecule is Cc1ccccc1CCNc1ccnc(CN)n1. The Balaban J connectivity index is 1.90. The summed E-state index contributed by atoms with van der Waals surface area (Å²) in [4.78, 5) is 8.36. The highest BCUT2D eigenvalue weighted by atomic mass is 15.0. The maximum absolute atomic E-state index is 5.51. The number of nitrogens with zero attached hydrogens (tertiary/aromatic N) is 2. The first kappa shape index (κ1) is 12.5. The van der Waals surface area contributed by atoms with Crippen LogP contribution >= 0.6 is 0 Å². The molecule has 0 saturated heterocycles. The summed E-state index contributed by atoms with van der Waals surface area (Å²) >= 11 is 0. The molecule has 0 saturated carbocycles. The molecule has 1 aromatic heterocycles. The summed E-state index contributed by atoms with van der Waals surface area (Å²) in [7, 11) is 0. The number of aryl methyl sites for hydroxylation is 1. The van der Waals surface area contributed by atoms with Crippen LogP contribution in [0.3, 0.4) is 0 Å². The van der Waals surface area contributed by atoms with Crippen LogP contribution in [0.2, 0.25) is 0 Å². The lowest BCUT2D eigenvalue weighted by atomic mass is 10.1. The third kappa shape index (κ3) is 3.28. The van der Waals surface area contributed by atoms with Gasteiger partial charge in [0.1, 0.15) is 11.6 Å². The second-order valence-corrected chi connectivity index (χ2v) is 4.17. The zero-order chi connectivity index (χ0) is 12.8. The lowest BCUT2D eigenvalue weighted by molar-refractivity contribution is 0.899. The molecule has 2 aromatic rings. The Bertz CT molecular complexity index is 511. The summed E-state index contributed by atoms with van der Waals surface area (Å²) < 4.78 is 0. The van der Waals surface area contributed by atoms with Crippen molar-refractivity contribution in [2.75, 3.05) is 11.9 Å². The van der Waals surface area contributed by atoms with Crippen molar-refractivity contribution in [1.29, 1.82) is 0 Å². The first-order valence-corrected chi connectivity index (χ1v) is 6.10. The topological polar surface area (TPSA) is 63.8 Å². The Kier molecular flexibility index (Phi) is 4.25. The van der Waals surface area contributed by atoms with Crippen molar-refractivity contribution < 1.29 is 0 Å². The minimum Gasteiger partial charge on any atom is -0.370 e. The molecule has 0 bridgehead atoms. The Morgan fingerprint density at radius 3 is 2.83 bits per heavy atom. The van der Waals surface area contributed by atoms with Crippen LogP contribution in [-0.2, 0) is 13.0 Å². The molecule has 3 N–H and O–H groups in total. The molecule has 1 heterocycles. The van der Waals surface area contributed by atoms with E-state index in [0.29, 0.717) is 12.4 Å². The van der Waals surface area contributed by atoms with Crippen molar-refractivity contribution in [3.8, 4) is 0 Å². The maximum atomic E-state index is 5.51. The van der Waals surface area contributed by atoms with Crippen LogP contribution in [0.5, 0.6) is 0 Å². The number of anilines is 1. The fourth-order valence-electron chi connectivity index (χ4n) is 1.81. The molecule has 0 radical (unpaired) electrons. The van der Waals surface area contributed by atoms with E-state index in [9.17, 15) is 0 Å². The molecule has 4 heteroatoms. The maximum Gasteiger partial charge on any atom is 0.144 e. The van der Waals surface area contributed by atoms with Gasteiger partial charge in [0.25, 0.3) is 0 Å². The van der Waals surface area contributed by atoms with E-state index in [-0.39, 0.29) is 0 Å². The number of hydrogen-bond donors (Lipinski definition) is 2. The predicted octanol–water partition coefficient (Wildman–Crippen LogP) is 1.90. The zero-order valence-electron chi connectivity index (χ0n) is 10.6. The zero-order valence-corrected chi connectivity index (χ0v) is 10.6. The number of rotatable bonds is 5. The monoisotopic (exact) mass is 242 g/mol. The van der Waals surface area contributed by atoms with Gasteiger partial charge in [-0.25, -0.2) is 9.97 Å². The first-order chi connectivity index (χ1) is 8.79. The van der Waals surface area contributed by atoms with E-state index < -0.39 is 0 Å². The van der Waals surface area contributed by atoms with Crippen LogP contribution in [0.15, 0.2) is 36.5 Å². The van der Waals surface area contributed by atoms with Crippen LogP contribution in [0.4, 0.5) is 5.82 Å². The van der Waals surface area contributed by atoms with Gasteiger partial charge in [0.2, 0.25) is 0 Å². The summed E-state index contributed by atoms with van der Waals surface area (Å²) in [6, 6.07) is 10.3. The standard InChI is InChI=1S/C14H18N4/c1-11-4-2-3-5-12(11)6-8-16-13-7-9-17-14(10-15)18-13/h2-5,7,9H,6,8,10,15H2,1H3,(H,16,17,18). The van der Waals surface area contributed by atoms with E-state index >= 15 is 0 Å². The molecular weight excluding hydrogens is 224 g/mol. The minimum atomic E-state index is 0.368. The molecule has 0 atom stereocenters. The largest absolute Gasteiger partial charge is 0.370 e. The third-order valence-electron chi connectivity index (χ3n) is 2.85. The second kappa shape index (κ2) is 6.12. The van der Waals surface area contributed by atoms with E-state index in [4.69, 9.17) is 5.73 Å². The lowest BCUT2D eigenvalue weighted by Gasteiger charge is -2.08. The number of nitrogens with two attached hydrogens (primary N) is 1. The quantitative estimate of drug-likeness (QED) is 0.840. The van der Waals surface area contributed by atoms with Gasteiger partial charge in [-0.1, -0.05) is 24.3 Å². The van der Waals surface area contributed by atoms with Gasteiger partial charge >= 0.3 is 0 Å². The normalized spacial score (nSPS) is 10.3. The molecule has 0 fully saturated rings. The molecule has 0 aliphatic carbocycles. The molecule has 18 heavy (non-hydrogen) atoms. The summed E-state index contributed by atoms with van der Waals surface area (Å²) in [6.45, 7) is 3.35. The van der Waals surface area contributed by atoms with Crippen molar-refractivity contribution in [2.45, 2.75) is 19.9 Å². The summed E-state index contributed by atoms with van der Waals surface area (Å²) in [5, 5.41) is 3.29. The highest BCUT2D eigenvalue weighted by molar-refractivity contribution is 5.34. The van der Waals surface area contributed by atoms with Crippen molar-refractivity contribution in [3.05, 3.63) is 53.5 Å². The number of benzene rings is 1. The molecule has 0 unspecified atom stereocenters. The van der Waals surface area contributed by atoms with Gasteiger partial charge in [0.05, 0.1) is 6.54 Å². The van der Waals surface area contributed by atoms with Gasteiger partial charge in [0.15, 0.2) is 0 Å². The smallest absolute Gasteiger partial charge is 0.144 e. The molecule has 0 amide bonds. The van der Waals surface area contributed by atoms with Gasteiger partial charge in [-0.05, 0) is 30.5 Å². The fraction of sp³-hybridized carbons (Fsp3) is 0.286. The number of hydrogen-bond acceptors (Lipinski definition) is 4. The third-order valence-corrected chi connectivity index (χ3v) is 2.85. The fourth-order valence-corrected chi connectivity index (χ4v) is 1.81. The molecule has 0 spiro atoms.